The van der Waals surface area contributed by atoms with Crippen LogP contribution in [0.2, 0.25) is 5.02 Å². The van der Waals surface area contributed by atoms with Gasteiger partial charge in [-0.25, -0.2) is 0 Å². The standard InChI is InChI=1S/C13H18ClNO/c1-2-15-9-7-13(8-10-15)16-12-5-3-11(14)4-6-12/h3-6,13H,2,7-10H2,1H3. The summed E-state index contributed by atoms with van der Waals surface area (Å²) in [4.78, 5) is 2.46. The lowest BCUT2D eigenvalue weighted by Gasteiger charge is -2.31. The van der Waals surface area contributed by atoms with Gasteiger partial charge in [0.25, 0.3) is 0 Å². The van der Waals surface area contributed by atoms with Gasteiger partial charge in [-0.3, -0.25) is 0 Å². The molecule has 0 unspecified atom stereocenters. The molecule has 0 spiro atoms. The van der Waals surface area contributed by atoms with E-state index in [0.29, 0.717) is 6.10 Å². The van der Waals surface area contributed by atoms with E-state index in [9.17, 15) is 0 Å². The van der Waals surface area contributed by atoms with E-state index in [-0.39, 0.29) is 0 Å². The maximum atomic E-state index is 5.92. The van der Waals surface area contributed by atoms with Crippen LogP contribution in [0, 0.1) is 0 Å². The zero-order valence-electron chi connectivity index (χ0n) is 9.66. The minimum atomic E-state index is 0.365. The number of rotatable bonds is 3. The van der Waals surface area contributed by atoms with Crippen LogP contribution in [0.15, 0.2) is 24.3 Å². The van der Waals surface area contributed by atoms with Gasteiger partial charge >= 0.3 is 0 Å². The molecule has 1 heterocycles. The van der Waals surface area contributed by atoms with Gasteiger partial charge in [-0.15, -0.1) is 0 Å². The molecule has 1 aliphatic heterocycles. The Morgan fingerprint density at radius 2 is 1.88 bits per heavy atom. The van der Waals surface area contributed by atoms with Crippen LogP contribution >= 0.6 is 11.6 Å². The summed E-state index contributed by atoms with van der Waals surface area (Å²) < 4.78 is 5.92. The van der Waals surface area contributed by atoms with Crippen molar-refractivity contribution >= 4 is 11.6 Å². The molecule has 0 saturated carbocycles. The number of piperidine rings is 1. The van der Waals surface area contributed by atoms with E-state index in [4.69, 9.17) is 16.3 Å². The van der Waals surface area contributed by atoms with Crippen molar-refractivity contribution in [1.82, 2.24) is 4.90 Å². The lowest BCUT2D eigenvalue weighted by atomic mass is 10.1. The van der Waals surface area contributed by atoms with Crippen LogP contribution in [-0.2, 0) is 0 Å². The molecule has 1 aromatic carbocycles. The molecule has 1 fully saturated rings. The highest BCUT2D eigenvalue weighted by Gasteiger charge is 2.19. The zero-order valence-corrected chi connectivity index (χ0v) is 10.4. The van der Waals surface area contributed by atoms with Crippen LogP contribution in [0.1, 0.15) is 19.8 Å². The van der Waals surface area contributed by atoms with E-state index in [0.717, 1.165) is 43.2 Å². The number of ether oxygens (including phenoxy) is 1. The van der Waals surface area contributed by atoms with E-state index in [1.54, 1.807) is 0 Å². The maximum Gasteiger partial charge on any atom is 0.119 e. The van der Waals surface area contributed by atoms with Crippen LogP contribution in [0.3, 0.4) is 0 Å². The van der Waals surface area contributed by atoms with Crippen LogP contribution < -0.4 is 4.74 Å². The summed E-state index contributed by atoms with van der Waals surface area (Å²) in [7, 11) is 0. The Balaban J connectivity index is 1.84. The summed E-state index contributed by atoms with van der Waals surface area (Å²) >= 11 is 5.83. The second-order valence-corrected chi connectivity index (χ2v) is 4.64. The highest BCUT2D eigenvalue weighted by atomic mass is 35.5. The van der Waals surface area contributed by atoms with Crippen LogP contribution in [0.4, 0.5) is 0 Å². The molecule has 3 heteroatoms. The first kappa shape index (κ1) is 11.7. The summed E-state index contributed by atoms with van der Waals surface area (Å²) in [6.07, 6.45) is 2.61. The number of hydrogen-bond acceptors (Lipinski definition) is 2. The fourth-order valence-corrected chi connectivity index (χ4v) is 2.17. The molecule has 0 amide bonds. The fourth-order valence-electron chi connectivity index (χ4n) is 2.05. The van der Waals surface area contributed by atoms with Crippen molar-refractivity contribution in [3.63, 3.8) is 0 Å². The smallest absolute Gasteiger partial charge is 0.119 e. The van der Waals surface area contributed by atoms with E-state index < -0.39 is 0 Å². The van der Waals surface area contributed by atoms with Crippen molar-refractivity contribution in [2.45, 2.75) is 25.9 Å². The van der Waals surface area contributed by atoms with Gasteiger partial charge in [0, 0.05) is 18.1 Å². The lowest BCUT2D eigenvalue weighted by molar-refractivity contribution is 0.104. The molecule has 0 atom stereocenters. The largest absolute Gasteiger partial charge is 0.490 e. The molecule has 1 saturated heterocycles. The molecule has 2 nitrogen and oxygen atoms in total. The average Bonchev–Trinajstić information content (AvgIpc) is 2.33. The number of likely N-dealkylation sites (tertiary alicyclic amines) is 1. The van der Waals surface area contributed by atoms with Crippen molar-refractivity contribution in [2.24, 2.45) is 0 Å². The highest BCUT2D eigenvalue weighted by molar-refractivity contribution is 6.30. The molecule has 0 bridgehead atoms. The lowest BCUT2D eigenvalue weighted by Crippen LogP contribution is -2.37. The summed E-state index contributed by atoms with van der Waals surface area (Å²) in [5.41, 5.74) is 0. The van der Waals surface area contributed by atoms with Gasteiger partial charge in [-0.05, 0) is 43.7 Å². The number of hydrogen-bond donors (Lipinski definition) is 0. The first-order valence-corrected chi connectivity index (χ1v) is 6.30. The second kappa shape index (κ2) is 5.55. The Morgan fingerprint density at radius 3 is 2.44 bits per heavy atom. The molecule has 0 aliphatic carbocycles. The topological polar surface area (TPSA) is 12.5 Å². The summed E-state index contributed by atoms with van der Waals surface area (Å²) in [6.45, 7) is 5.65. The Labute approximate surface area is 102 Å². The third-order valence-corrected chi connectivity index (χ3v) is 3.35. The molecule has 88 valence electrons. The van der Waals surface area contributed by atoms with E-state index in [2.05, 4.69) is 11.8 Å². The second-order valence-electron chi connectivity index (χ2n) is 4.21. The molecule has 16 heavy (non-hydrogen) atoms. The molecule has 0 radical (unpaired) electrons. The quantitative estimate of drug-likeness (QED) is 0.803. The summed E-state index contributed by atoms with van der Waals surface area (Å²) in [6, 6.07) is 7.62. The first-order chi connectivity index (χ1) is 7.78. The summed E-state index contributed by atoms with van der Waals surface area (Å²) in [5.74, 6) is 0.930. The van der Waals surface area contributed by atoms with Crippen LogP contribution in [-0.4, -0.2) is 30.6 Å². The Bertz CT molecular complexity index is 317. The molecule has 2 rings (SSSR count). The van der Waals surface area contributed by atoms with Gasteiger partial charge in [0.2, 0.25) is 0 Å². The normalized spacial score (nSPS) is 18.6. The Kier molecular flexibility index (Phi) is 4.08. The third kappa shape index (κ3) is 3.13. The predicted molar refractivity (Wildman–Crippen MR) is 67.2 cm³/mol. The SMILES string of the molecule is CCN1CCC(Oc2ccc(Cl)cc2)CC1. The minimum absolute atomic E-state index is 0.365. The van der Waals surface area contributed by atoms with Crippen molar-refractivity contribution in [2.75, 3.05) is 19.6 Å². The first-order valence-electron chi connectivity index (χ1n) is 5.92. The van der Waals surface area contributed by atoms with E-state index in [1.807, 2.05) is 24.3 Å². The van der Waals surface area contributed by atoms with Crippen molar-refractivity contribution < 1.29 is 4.74 Å². The molecular weight excluding hydrogens is 222 g/mol. The van der Waals surface area contributed by atoms with Crippen LogP contribution in [0.25, 0.3) is 0 Å². The molecule has 0 N–H and O–H groups in total. The highest BCUT2D eigenvalue weighted by Crippen LogP contribution is 2.20. The predicted octanol–water partition coefficient (Wildman–Crippen LogP) is 3.20. The zero-order chi connectivity index (χ0) is 11.4. The fraction of sp³-hybridized carbons (Fsp3) is 0.538. The molecule has 0 aromatic heterocycles. The van der Waals surface area contributed by atoms with E-state index >= 15 is 0 Å². The number of halogens is 1. The minimum Gasteiger partial charge on any atom is -0.490 e. The maximum absolute atomic E-state index is 5.92. The van der Waals surface area contributed by atoms with Crippen molar-refractivity contribution in [3.05, 3.63) is 29.3 Å². The van der Waals surface area contributed by atoms with Gasteiger partial charge < -0.3 is 9.64 Å². The van der Waals surface area contributed by atoms with Gasteiger partial charge in [0.1, 0.15) is 11.9 Å². The Morgan fingerprint density at radius 1 is 1.25 bits per heavy atom. The molecular formula is C13H18ClNO. The molecule has 1 aliphatic rings. The van der Waals surface area contributed by atoms with Gasteiger partial charge in [-0.2, -0.15) is 0 Å². The van der Waals surface area contributed by atoms with Crippen LogP contribution in [0.5, 0.6) is 5.75 Å². The third-order valence-electron chi connectivity index (χ3n) is 3.10. The Hall–Kier alpha value is -0.730. The van der Waals surface area contributed by atoms with Gasteiger partial charge in [0.05, 0.1) is 0 Å². The average molecular weight is 240 g/mol. The van der Waals surface area contributed by atoms with Gasteiger partial charge in [0.15, 0.2) is 0 Å². The monoisotopic (exact) mass is 239 g/mol. The number of benzene rings is 1. The van der Waals surface area contributed by atoms with Gasteiger partial charge in [-0.1, -0.05) is 18.5 Å². The van der Waals surface area contributed by atoms with E-state index in [1.165, 1.54) is 0 Å². The van der Waals surface area contributed by atoms with Crippen molar-refractivity contribution in [1.29, 1.82) is 0 Å². The number of nitrogens with zero attached hydrogens (tertiary/aromatic N) is 1. The van der Waals surface area contributed by atoms with Crippen molar-refractivity contribution in [3.8, 4) is 5.75 Å². The summed E-state index contributed by atoms with van der Waals surface area (Å²) in [5, 5.41) is 0.758. The molecule has 1 aromatic rings.